The Hall–Kier alpha value is -2.92. The van der Waals surface area contributed by atoms with Crippen molar-refractivity contribution in [1.29, 1.82) is 0 Å². The number of rotatable bonds is 5. The molecule has 1 aromatic heterocycles. The summed E-state index contributed by atoms with van der Waals surface area (Å²) in [6, 6.07) is 21.0. The molecule has 1 heterocycles. The zero-order valence-corrected chi connectivity index (χ0v) is 16.2. The van der Waals surface area contributed by atoms with Gasteiger partial charge in [-0.15, -0.1) is 12.4 Å². The third-order valence-corrected chi connectivity index (χ3v) is 4.66. The second-order valence-electron chi connectivity index (χ2n) is 6.67. The van der Waals surface area contributed by atoms with Gasteiger partial charge in [-0.1, -0.05) is 42.5 Å². The molecule has 0 saturated heterocycles. The van der Waals surface area contributed by atoms with Gasteiger partial charge in [0.25, 0.3) is 0 Å². The Bertz CT molecular complexity index is 1070. The summed E-state index contributed by atoms with van der Waals surface area (Å²) in [4.78, 5) is 3.21. The van der Waals surface area contributed by atoms with Crippen LogP contribution in [0.25, 0.3) is 10.9 Å². The number of aromatic nitrogens is 1. The summed E-state index contributed by atoms with van der Waals surface area (Å²) >= 11 is 0. The quantitative estimate of drug-likeness (QED) is 0.380. The summed E-state index contributed by atoms with van der Waals surface area (Å²) < 4.78 is 44.1. The highest BCUT2D eigenvalue weighted by atomic mass is 35.5. The van der Waals surface area contributed by atoms with E-state index in [1.54, 1.807) is 0 Å². The second-order valence-corrected chi connectivity index (χ2v) is 6.67. The van der Waals surface area contributed by atoms with Crippen molar-refractivity contribution in [2.24, 2.45) is 0 Å². The van der Waals surface area contributed by atoms with Crippen LogP contribution in [0.5, 0.6) is 5.75 Å². The van der Waals surface area contributed by atoms with Crippen LogP contribution in [0.4, 0.5) is 13.2 Å². The van der Waals surface area contributed by atoms with Crippen molar-refractivity contribution < 1.29 is 17.9 Å². The highest BCUT2D eigenvalue weighted by molar-refractivity contribution is 5.85. The minimum atomic E-state index is -4.32. The van der Waals surface area contributed by atoms with E-state index in [0.717, 1.165) is 45.5 Å². The molecule has 0 aliphatic carbocycles. The maximum atomic E-state index is 12.7. The van der Waals surface area contributed by atoms with Crippen molar-refractivity contribution in [3.8, 4) is 5.75 Å². The molecule has 4 aromatic rings. The molecule has 1 N–H and O–H groups in total. The van der Waals surface area contributed by atoms with Crippen LogP contribution in [0, 0.1) is 0 Å². The van der Waals surface area contributed by atoms with Gasteiger partial charge >= 0.3 is 6.18 Å². The largest absolute Gasteiger partial charge is 0.489 e. The number of benzene rings is 3. The van der Waals surface area contributed by atoms with Crippen LogP contribution in [0.2, 0.25) is 0 Å². The average Bonchev–Trinajstić information content (AvgIpc) is 3.09. The molecule has 6 heteroatoms. The van der Waals surface area contributed by atoms with Crippen LogP contribution in [-0.2, 0) is 19.2 Å². The zero-order chi connectivity index (χ0) is 19.6. The number of nitrogens with one attached hydrogen (secondary N) is 1. The lowest BCUT2D eigenvalue weighted by Gasteiger charge is -2.08. The van der Waals surface area contributed by atoms with E-state index in [0.29, 0.717) is 13.0 Å². The summed E-state index contributed by atoms with van der Waals surface area (Å²) in [7, 11) is 0. The number of aromatic amines is 1. The van der Waals surface area contributed by atoms with Crippen LogP contribution in [-0.4, -0.2) is 4.98 Å². The van der Waals surface area contributed by atoms with Crippen LogP contribution in [0.3, 0.4) is 0 Å². The lowest BCUT2D eigenvalue weighted by atomic mass is 10.0. The number of hydrogen-bond acceptors (Lipinski definition) is 1. The van der Waals surface area contributed by atoms with Crippen molar-refractivity contribution in [2.45, 2.75) is 19.2 Å². The first-order valence-corrected chi connectivity index (χ1v) is 8.92. The molecule has 0 unspecified atom stereocenters. The lowest BCUT2D eigenvalue weighted by Crippen LogP contribution is -2.04. The highest BCUT2D eigenvalue weighted by Crippen LogP contribution is 2.30. The fourth-order valence-corrected chi connectivity index (χ4v) is 3.17. The van der Waals surface area contributed by atoms with Crippen molar-refractivity contribution in [3.63, 3.8) is 0 Å². The number of halogens is 4. The van der Waals surface area contributed by atoms with Crippen molar-refractivity contribution in [2.75, 3.05) is 0 Å². The van der Waals surface area contributed by atoms with Crippen molar-refractivity contribution >= 4 is 23.3 Å². The molecule has 0 spiro atoms. The molecule has 0 saturated carbocycles. The summed E-state index contributed by atoms with van der Waals surface area (Å²) in [5.74, 6) is 0.754. The number of alkyl halides is 3. The van der Waals surface area contributed by atoms with Crippen LogP contribution in [0.1, 0.15) is 22.3 Å². The van der Waals surface area contributed by atoms with Gasteiger partial charge in [0.05, 0.1) is 5.56 Å². The lowest BCUT2D eigenvalue weighted by molar-refractivity contribution is -0.137. The van der Waals surface area contributed by atoms with Crippen molar-refractivity contribution in [1.82, 2.24) is 4.98 Å². The van der Waals surface area contributed by atoms with Crippen LogP contribution in [0.15, 0.2) is 79.0 Å². The predicted octanol–water partition coefficient (Wildman–Crippen LogP) is 6.78. The van der Waals surface area contributed by atoms with Crippen molar-refractivity contribution in [3.05, 3.63) is 101 Å². The topological polar surface area (TPSA) is 25.0 Å². The summed E-state index contributed by atoms with van der Waals surface area (Å²) in [5.41, 5.74) is 3.26. The predicted molar refractivity (Wildman–Crippen MR) is 111 cm³/mol. The minimum absolute atomic E-state index is 0. The van der Waals surface area contributed by atoms with Gasteiger partial charge in [-0.05, 0) is 53.4 Å². The molecule has 0 aliphatic heterocycles. The van der Waals surface area contributed by atoms with Gasteiger partial charge in [-0.25, -0.2) is 0 Å². The zero-order valence-electron chi connectivity index (χ0n) is 15.4. The molecule has 0 radical (unpaired) electrons. The molecular formula is C23H19ClF3NO. The monoisotopic (exact) mass is 417 g/mol. The number of H-pyrrole nitrogens is 1. The van der Waals surface area contributed by atoms with Gasteiger partial charge in [-0.3, -0.25) is 0 Å². The number of ether oxygens (including phenoxy) is 1. The highest BCUT2D eigenvalue weighted by Gasteiger charge is 2.29. The van der Waals surface area contributed by atoms with E-state index in [1.165, 1.54) is 12.1 Å². The Morgan fingerprint density at radius 2 is 1.55 bits per heavy atom. The molecular weight excluding hydrogens is 399 g/mol. The number of hydrogen-bond donors (Lipinski definition) is 1. The maximum absolute atomic E-state index is 12.7. The molecule has 150 valence electrons. The molecule has 0 atom stereocenters. The fourth-order valence-electron chi connectivity index (χ4n) is 3.17. The van der Waals surface area contributed by atoms with Gasteiger partial charge in [0, 0.05) is 17.1 Å². The summed E-state index contributed by atoms with van der Waals surface area (Å²) in [5, 5.41) is 1.01. The fraction of sp³-hybridized carbons (Fsp3) is 0.130. The van der Waals surface area contributed by atoms with Gasteiger partial charge in [0.1, 0.15) is 12.4 Å². The first kappa shape index (κ1) is 20.8. The normalized spacial score (nSPS) is 11.3. The Labute approximate surface area is 172 Å². The Balaban J connectivity index is 0.00000240. The van der Waals surface area contributed by atoms with E-state index in [1.807, 2.05) is 54.7 Å². The second kappa shape index (κ2) is 8.62. The smallest absolute Gasteiger partial charge is 0.416 e. The Kier molecular flexibility index (Phi) is 6.18. The standard InChI is InChI=1S/C23H18F3NO.ClH/c24-23(25,26)19-8-6-16(7-9-19)12-18-14-27-22-11-10-20(13-21(18)22)28-15-17-4-2-1-3-5-17;/h1-11,13-14,27H,12,15H2;1H. The van der Waals surface area contributed by atoms with Gasteiger partial charge in [0.15, 0.2) is 0 Å². The molecule has 0 bridgehead atoms. The Morgan fingerprint density at radius 1 is 0.828 bits per heavy atom. The number of fused-ring (bicyclic) bond motifs is 1. The van der Waals surface area contributed by atoms with E-state index < -0.39 is 11.7 Å². The molecule has 4 rings (SSSR count). The molecule has 29 heavy (non-hydrogen) atoms. The van der Waals surface area contributed by atoms with Gasteiger partial charge < -0.3 is 9.72 Å². The first-order chi connectivity index (χ1) is 13.5. The summed E-state index contributed by atoms with van der Waals surface area (Å²) in [6.07, 6.45) is -1.88. The SMILES string of the molecule is Cl.FC(F)(F)c1ccc(Cc2c[nH]c3ccc(OCc4ccccc4)cc23)cc1. The van der Waals surface area contributed by atoms with Gasteiger partial charge in [-0.2, -0.15) is 13.2 Å². The third kappa shape index (κ3) is 4.93. The van der Waals surface area contributed by atoms with Crippen LogP contribution >= 0.6 is 12.4 Å². The molecule has 0 fully saturated rings. The van der Waals surface area contributed by atoms with E-state index in [-0.39, 0.29) is 12.4 Å². The van der Waals surface area contributed by atoms with E-state index in [2.05, 4.69) is 4.98 Å². The first-order valence-electron chi connectivity index (χ1n) is 8.92. The Morgan fingerprint density at radius 3 is 2.24 bits per heavy atom. The van der Waals surface area contributed by atoms with Crippen LogP contribution < -0.4 is 4.74 Å². The summed E-state index contributed by atoms with van der Waals surface area (Å²) in [6.45, 7) is 0.477. The van der Waals surface area contributed by atoms with E-state index >= 15 is 0 Å². The van der Waals surface area contributed by atoms with Gasteiger partial charge in [0.2, 0.25) is 0 Å². The third-order valence-electron chi connectivity index (χ3n) is 4.66. The molecule has 3 aromatic carbocycles. The molecule has 0 amide bonds. The minimum Gasteiger partial charge on any atom is -0.489 e. The molecule has 0 aliphatic rings. The van der Waals surface area contributed by atoms with E-state index in [4.69, 9.17) is 4.74 Å². The maximum Gasteiger partial charge on any atom is 0.416 e. The molecule has 2 nitrogen and oxygen atoms in total. The van der Waals surface area contributed by atoms with E-state index in [9.17, 15) is 13.2 Å². The average molecular weight is 418 g/mol.